The molecule has 3 aromatic rings. The second kappa shape index (κ2) is 6.90. The molecule has 0 radical (unpaired) electrons. The third-order valence-corrected chi connectivity index (χ3v) is 4.99. The van der Waals surface area contributed by atoms with Crippen molar-refractivity contribution in [3.63, 3.8) is 0 Å². The van der Waals surface area contributed by atoms with Crippen LogP contribution in [-0.2, 0) is 11.9 Å². The van der Waals surface area contributed by atoms with Crippen molar-refractivity contribution in [3.8, 4) is 10.6 Å². The molecule has 24 heavy (non-hydrogen) atoms. The van der Waals surface area contributed by atoms with Gasteiger partial charge < -0.3 is 0 Å². The number of thiazole rings is 1. The van der Waals surface area contributed by atoms with E-state index in [1.54, 1.807) is 12.1 Å². The number of nitrogens with zero attached hydrogens (tertiary/aromatic N) is 2. The molecule has 0 aliphatic heterocycles. The van der Waals surface area contributed by atoms with E-state index < -0.39 is 11.7 Å². The van der Waals surface area contributed by atoms with Crippen LogP contribution in [0.2, 0.25) is 0 Å². The molecule has 2 heterocycles. The zero-order valence-corrected chi connectivity index (χ0v) is 13.7. The highest BCUT2D eigenvalue weighted by molar-refractivity contribution is 7.98. The third kappa shape index (κ3) is 4.12. The highest BCUT2D eigenvalue weighted by Gasteiger charge is 2.30. The second-order valence-corrected chi connectivity index (χ2v) is 6.68. The fourth-order valence-corrected chi connectivity index (χ4v) is 3.55. The van der Waals surface area contributed by atoms with Gasteiger partial charge in [-0.2, -0.15) is 13.2 Å². The van der Waals surface area contributed by atoms with Crippen molar-refractivity contribution in [2.24, 2.45) is 0 Å². The predicted octanol–water partition coefficient (Wildman–Crippen LogP) is 5.66. The van der Waals surface area contributed by atoms with Gasteiger partial charge in [-0.05, 0) is 36.4 Å². The SMILES string of the molecule is Fc1ccc(-c2nc(CSc3ccc(C(F)(F)F)cn3)cs2)cc1. The normalized spacial score (nSPS) is 11.7. The topological polar surface area (TPSA) is 25.8 Å². The van der Waals surface area contributed by atoms with Crippen LogP contribution >= 0.6 is 23.1 Å². The van der Waals surface area contributed by atoms with Gasteiger partial charge in [0, 0.05) is 22.9 Å². The van der Waals surface area contributed by atoms with E-state index in [1.807, 2.05) is 5.38 Å². The van der Waals surface area contributed by atoms with E-state index in [0.717, 1.165) is 28.5 Å². The van der Waals surface area contributed by atoms with Crippen molar-refractivity contribution in [1.82, 2.24) is 9.97 Å². The van der Waals surface area contributed by atoms with Crippen LogP contribution in [0.1, 0.15) is 11.3 Å². The molecule has 0 unspecified atom stereocenters. The van der Waals surface area contributed by atoms with Crippen LogP contribution in [0.3, 0.4) is 0 Å². The minimum absolute atomic E-state index is 0.306. The van der Waals surface area contributed by atoms with Crippen molar-refractivity contribution >= 4 is 23.1 Å². The van der Waals surface area contributed by atoms with Crippen LogP contribution in [0.15, 0.2) is 53.0 Å². The number of rotatable bonds is 4. The maximum Gasteiger partial charge on any atom is 0.417 e. The van der Waals surface area contributed by atoms with Crippen molar-refractivity contribution in [3.05, 3.63) is 65.0 Å². The van der Waals surface area contributed by atoms with Gasteiger partial charge >= 0.3 is 6.18 Å². The molecule has 2 nitrogen and oxygen atoms in total. The molecular weight excluding hydrogens is 360 g/mol. The Morgan fingerprint density at radius 3 is 2.42 bits per heavy atom. The molecular formula is C16H10F4N2S2. The van der Waals surface area contributed by atoms with Gasteiger partial charge in [0.15, 0.2) is 0 Å². The Hall–Kier alpha value is -1.93. The Morgan fingerprint density at radius 2 is 1.79 bits per heavy atom. The standard InChI is InChI=1S/C16H10F4N2S2/c17-12-4-1-10(2-5-12)15-22-13(9-24-15)8-23-14-6-3-11(7-21-14)16(18,19)20/h1-7,9H,8H2. The maximum atomic E-state index is 12.9. The summed E-state index contributed by atoms with van der Waals surface area (Å²) in [5.74, 6) is 0.190. The van der Waals surface area contributed by atoms with Crippen LogP contribution in [0.5, 0.6) is 0 Å². The summed E-state index contributed by atoms with van der Waals surface area (Å²) in [6.45, 7) is 0. The van der Waals surface area contributed by atoms with Crippen LogP contribution in [0.4, 0.5) is 17.6 Å². The fourth-order valence-electron chi connectivity index (χ4n) is 1.88. The lowest BCUT2D eigenvalue weighted by molar-refractivity contribution is -0.137. The molecule has 0 saturated heterocycles. The number of hydrogen-bond donors (Lipinski definition) is 0. The lowest BCUT2D eigenvalue weighted by atomic mass is 10.2. The summed E-state index contributed by atoms with van der Waals surface area (Å²) >= 11 is 2.74. The van der Waals surface area contributed by atoms with Crippen molar-refractivity contribution in [2.45, 2.75) is 17.0 Å². The van der Waals surface area contributed by atoms with E-state index in [1.165, 1.54) is 41.3 Å². The first kappa shape index (κ1) is 16.9. The summed E-state index contributed by atoms with van der Waals surface area (Å²) in [4.78, 5) is 8.26. The van der Waals surface area contributed by atoms with E-state index in [4.69, 9.17) is 0 Å². The van der Waals surface area contributed by atoms with Gasteiger partial charge in [0.1, 0.15) is 10.8 Å². The lowest BCUT2D eigenvalue weighted by Crippen LogP contribution is -2.05. The number of halogens is 4. The van der Waals surface area contributed by atoms with Gasteiger partial charge in [0.05, 0.1) is 16.3 Å². The molecule has 0 saturated carbocycles. The van der Waals surface area contributed by atoms with Crippen molar-refractivity contribution in [1.29, 1.82) is 0 Å². The van der Waals surface area contributed by atoms with Gasteiger partial charge in [0.25, 0.3) is 0 Å². The first-order valence-electron chi connectivity index (χ1n) is 6.78. The molecule has 2 aromatic heterocycles. The fraction of sp³-hybridized carbons (Fsp3) is 0.125. The number of pyridine rings is 1. The van der Waals surface area contributed by atoms with Gasteiger partial charge in [-0.3, -0.25) is 0 Å². The maximum absolute atomic E-state index is 12.9. The number of hydrogen-bond acceptors (Lipinski definition) is 4. The van der Waals surface area contributed by atoms with Gasteiger partial charge in [-0.15, -0.1) is 23.1 Å². The highest BCUT2D eigenvalue weighted by Crippen LogP contribution is 2.31. The predicted molar refractivity (Wildman–Crippen MR) is 86.3 cm³/mol. The Kier molecular flexibility index (Phi) is 4.86. The van der Waals surface area contributed by atoms with Gasteiger partial charge in [-0.1, -0.05) is 0 Å². The number of aromatic nitrogens is 2. The minimum Gasteiger partial charge on any atom is -0.249 e. The zero-order chi connectivity index (χ0) is 17.2. The number of alkyl halides is 3. The molecule has 8 heteroatoms. The molecule has 0 fully saturated rings. The summed E-state index contributed by atoms with van der Waals surface area (Å²) in [5, 5.41) is 3.14. The summed E-state index contributed by atoms with van der Waals surface area (Å²) in [6, 6.07) is 8.42. The molecule has 0 amide bonds. The van der Waals surface area contributed by atoms with Gasteiger partial charge in [0.2, 0.25) is 0 Å². The molecule has 3 rings (SSSR count). The molecule has 0 bridgehead atoms. The summed E-state index contributed by atoms with van der Waals surface area (Å²) in [5.41, 5.74) is 0.857. The van der Waals surface area contributed by atoms with Crippen LogP contribution in [0, 0.1) is 5.82 Å². The average Bonchev–Trinajstić information content (AvgIpc) is 3.02. The molecule has 0 N–H and O–H groups in total. The Labute approximate surface area is 143 Å². The lowest BCUT2D eigenvalue weighted by Gasteiger charge is -2.06. The summed E-state index contributed by atoms with van der Waals surface area (Å²) < 4.78 is 50.4. The van der Waals surface area contributed by atoms with E-state index >= 15 is 0 Å². The largest absolute Gasteiger partial charge is 0.417 e. The van der Waals surface area contributed by atoms with Crippen molar-refractivity contribution < 1.29 is 17.6 Å². The first-order valence-corrected chi connectivity index (χ1v) is 8.65. The van der Waals surface area contributed by atoms with E-state index in [9.17, 15) is 17.6 Å². The van der Waals surface area contributed by atoms with E-state index in [-0.39, 0.29) is 5.82 Å². The second-order valence-electron chi connectivity index (χ2n) is 4.82. The molecule has 0 atom stereocenters. The Balaban J connectivity index is 1.64. The quantitative estimate of drug-likeness (QED) is 0.438. The van der Waals surface area contributed by atoms with Gasteiger partial charge in [-0.25, -0.2) is 14.4 Å². The Morgan fingerprint density at radius 1 is 1.04 bits per heavy atom. The number of thioether (sulfide) groups is 1. The average molecular weight is 370 g/mol. The van der Waals surface area contributed by atoms with E-state index in [2.05, 4.69) is 9.97 Å². The zero-order valence-electron chi connectivity index (χ0n) is 12.0. The summed E-state index contributed by atoms with van der Waals surface area (Å²) in [6.07, 6.45) is -3.55. The number of benzene rings is 1. The molecule has 0 aliphatic rings. The molecule has 1 aromatic carbocycles. The monoisotopic (exact) mass is 370 g/mol. The molecule has 124 valence electrons. The van der Waals surface area contributed by atoms with E-state index in [0.29, 0.717) is 10.8 Å². The minimum atomic E-state index is -4.38. The molecule has 0 aliphatic carbocycles. The summed E-state index contributed by atoms with van der Waals surface area (Å²) in [7, 11) is 0. The first-order chi connectivity index (χ1) is 11.4. The highest BCUT2D eigenvalue weighted by atomic mass is 32.2. The smallest absolute Gasteiger partial charge is 0.249 e. The Bertz CT molecular complexity index is 811. The van der Waals surface area contributed by atoms with Crippen LogP contribution < -0.4 is 0 Å². The van der Waals surface area contributed by atoms with Crippen LogP contribution in [-0.4, -0.2) is 9.97 Å². The molecule has 0 spiro atoms. The van der Waals surface area contributed by atoms with Crippen molar-refractivity contribution in [2.75, 3.05) is 0 Å². The third-order valence-electron chi connectivity index (χ3n) is 3.07. The van der Waals surface area contributed by atoms with Crippen LogP contribution in [0.25, 0.3) is 10.6 Å².